The monoisotopic (exact) mass is 348 g/mol. The van der Waals surface area contributed by atoms with Gasteiger partial charge in [0.2, 0.25) is 0 Å². The third-order valence-corrected chi connectivity index (χ3v) is 3.47. The van der Waals surface area contributed by atoms with Crippen molar-refractivity contribution in [2.45, 2.75) is 6.92 Å². The fourth-order valence-electron chi connectivity index (χ4n) is 1.78. The molecule has 6 heteroatoms. The Kier molecular flexibility index (Phi) is 4.59. The SMILES string of the molecule is Cc1ccc(NC(=O)Nc2ccccc2Br)c(C(=O)O)c1. The van der Waals surface area contributed by atoms with Crippen LogP contribution in [0.25, 0.3) is 0 Å². The molecular weight excluding hydrogens is 336 g/mol. The lowest BCUT2D eigenvalue weighted by molar-refractivity contribution is 0.0698. The van der Waals surface area contributed by atoms with E-state index in [0.717, 1.165) is 10.0 Å². The van der Waals surface area contributed by atoms with E-state index >= 15 is 0 Å². The number of aromatic carboxylic acids is 1. The Balaban J connectivity index is 2.17. The molecule has 2 amide bonds. The molecule has 0 spiro atoms. The van der Waals surface area contributed by atoms with Crippen LogP contribution in [0.5, 0.6) is 0 Å². The number of carboxylic acids is 1. The van der Waals surface area contributed by atoms with Gasteiger partial charge >= 0.3 is 12.0 Å². The minimum Gasteiger partial charge on any atom is -0.478 e. The third-order valence-electron chi connectivity index (χ3n) is 2.78. The van der Waals surface area contributed by atoms with E-state index < -0.39 is 12.0 Å². The van der Waals surface area contributed by atoms with Gasteiger partial charge in [0, 0.05) is 4.47 Å². The van der Waals surface area contributed by atoms with Gasteiger partial charge in [-0.3, -0.25) is 0 Å². The number of halogens is 1. The summed E-state index contributed by atoms with van der Waals surface area (Å²) in [7, 11) is 0. The van der Waals surface area contributed by atoms with Gasteiger partial charge < -0.3 is 15.7 Å². The second-order valence-corrected chi connectivity index (χ2v) is 5.27. The number of hydrogen-bond acceptors (Lipinski definition) is 2. The van der Waals surface area contributed by atoms with Crippen molar-refractivity contribution in [2.24, 2.45) is 0 Å². The largest absolute Gasteiger partial charge is 0.478 e. The second kappa shape index (κ2) is 6.41. The maximum absolute atomic E-state index is 12.0. The van der Waals surface area contributed by atoms with Crippen LogP contribution in [0.1, 0.15) is 15.9 Å². The molecule has 0 heterocycles. The molecule has 0 saturated carbocycles. The van der Waals surface area contributed by atoms with Gasteiger partial charge in [-0.2, -0.15) is 0 Å². The maximum atomic E-state index is 12.0. The second-order valence-electron chi connectivity index (χ2n) is 4.41. The molecule has 0 aliphatic rings. The van der Waals surface area contributed by atoms with Crippen molar-refractivity contribution in [1.29, 1.82) is 0 Å². The maximum Gasteiger partial charge on any atom is 0.337 e. The number of carbonyl (C=O) groups excluding carboxylic acids is 1. The smallest absolute Gasteiger partial charge is 0.337 e. The quantitative estimate of drug-likeness (QED) is 0.781. The molecule has 0 saturated heterocycles. The Hall–Kier alpha value is -2.34. The molecule has 3 N–H and O–H groups in total. The first kappa shape index (κ1) is 15.1. The van der Waals surface area contributed by atoms with Crippen LogP contribution >= 0.6 is 15.9 Å². The van der Waals surface area contributed by atoms with Crippen LogP contribution in [0.2, 0.25) is 0 Å². The van der Waals surface area contributed by atoms with E-state index in [9.17, 15) is 9.59 Å². The molecule has 2 aromatic carbocycles. The number of nitrogens with one attached hydrogen (secondary N) is 2. The number of amides is 2. The zero-order chi connectivity index (χ0) is 15.4. The first-order valence-corrected chi connectivity index (χ1v) is 6.93. The van der Waals surface area contributed by atoms with Crippen molar-refractivity contribution in [3.8, 4) is 0 Å². The standard InChI is InChI=1S/C15H13BrN2O3/c1-9-6-7-12(10(8-9)14(19)20)17-15(21)18-13-5-3-2-4-11(13)16/h2-8H,1H3,(H,19,20)(H2,17,18,21). The number of rotatable bonds is 3. The molecule has 2 aromatic rings. The molecule has 2 rings (SSSR count). The van der Waals surface area contributed by atoms with Crippen molar-refractivity contribution >= 4 is 39.3 Å². The van der Waals surface area contributed by atoms with Crippen molar-refractivity contribution in [3.05, 3.63) is 58.1 Å². The van der Waals surface area contributed by atoms with Crippen LogP contribution in [-0.4, -0.2) is 17.1 Å². The van der Waals surface area contributed by atoms with Crippen molar-refractivity contribution in [2.75, 3.05) is 10.6 Å². The highest BCUT2D eigenvalue weighted by Crippen LogP contribution is 2.22. The Morgan fingerprint density at radius 3 is 2.38 bits per heavy atom. The zero-order valence-corrected chi connectivity index (χ0v) is 12.8. The number of aryl methyl sites for hydroxylation is 1. The third kappa shape index (κ3) is 3.82. The summed E-state index contributed by atoms with van der Waals surface area (Å²) in [4.78, 5) is 23.1. The summed E-state index contributed by atoms with van der Waals surface area (Å²) < 4.78 is 0.738. The van der Waals surface area contributed by atoms with Crippen LogP contribution in [0.3, 0.4) is 0 Å². The zero-order valence-electron chi connectivity index (χ0n) is 11.2. The van der Waals surface area contributed by atoms with Crippen molar-refractivity contribution < 1.29 is 14.7 Å². The van der Waals surface area contributed by atoms with Gasteiger partial charge in [-0.25, -0.2) is 9.59 Å². The molecule has 108 valence electrons. The highest BCUT2D eigenvalue weighted by Gasteiger charge is 2.13. The topological polar surface area (TPSA) is 78.4 Å². The van der Waals surface area contributed by atoms with Gasteiger partial charge in [0.15, 0.2) is 0 Å². The molecule has 0 radical (unpaired) electrons. The minimum atomic E-state index is -1.09. The van der Waals surface area contributed by atoms with Crippen molar-refractivity contribution in [3.63, 3.8) is 0 Å². The fourth-order valence-corrected chi connectivity index (χ4v) is 2.17. The van der Waals surface area contributed by atoms with Gasteiger partial charge in [-0.15, -0.1) is 0 Å². The van der Waals surface area contributed by atoms with Gasteiger partial charge in [0.1, 0.15) is 0 Å². The summed E-state index contributed by atoms with van der Waals surface area (Å²) in [5, 5.41) is 14.4. The molecule has 21 heavy (non-hydrogen) atoms. The molecule has 0 aliphatic heterocycles. The van der Waals surface area contributed by atoms with Crippen LogP contribution < -0.4 is 10.6 Å². The number of carbonyl (C=O) groups is 2. The molecule has 0 unspecified atom stereocenters. The van der Waals surface area contributed by atoms with Gasteiger partial charge in [0.25, 0.3) is 0 Å². The molecular formula is C15H13BrN2O3. The summed E-state index contributed by atoms with van der Waals surface area (Å²) >= 11 is 3.32. The van der Waals surface area contributed by atoms with Gasteiger partial charge in [-0.1, -0.05) is 23.8 Å². The summed E-state index contributed by atoms with van der Waals surface area (Å²) in [5.74, 6) is -1.09. The predicted octanol–water partition coefficient (Wildman–Crippen LogP) is 4.10. The first-order valence-electron chi connectivity index (χ1n) is 6.14. The number of urea groups is 1. The predicted molar refractivity (Wildman–Crippen MR) is 84.9 cm³/mol. The lowest BCUT2D eigenvalue weighted by Crippen LogP contribution is -2.21. The van der Waals surface area contributed by atoms with E-state index in [4.69, 9.17) is 5.11 Å². The van der Waals surface area contributed by atoms with E-state index in [-0.39, 0.29) is 11.3 Å². The lowest BCUT2D eigenvalue weighted by atomic mass is 10.1. The lowest BCUT2D eigenvalue weighted by Gasteiger charge is -2.11. The summed E-state index contributed by atoms with van der Waals surface area (Å²) in [5.41, 5.74) is 1.71. The number of para-hydroxylation sites is 1. The Labute approximate surface area is 130 Å². The van der Waals surface area contributed by atoms with E-state index in [0.29, 0.717) is 5.69 Å². The molecule has 0 aliphatic carbocycles. The number of hydrogen-bond donors (Lipinski definition) is 3. The number of anilines is 2. The highest BCUT2D eigenvalue weighted by molar-refractivity contribution is 9.10. The van der Waals surface area contributed by atoms with Crippen LogP contribution in [0, 0.1) is 6.92 Å². The Morgan fingerprint density at radius 2 is 1.71 bits per heavy atom. The molecule has 5 nitrogen and oxygen atoms in total. The van der Waals surface area contributed by atoms with Crippen molar-refractivity contribution in [1.82, 2.24) is 0 Å². The van der Waals surface area contributed by atoms with Gasteiger partial charge in [0.05, 0.1) is 16.9 Å². The Morgan fingerprint density at radius 1 is 1.05 bits per heavy atom. The van der Waals surface area contributed by atoms with E-state index in [1.54, 1.807) is 37.3 Å². The molecule has 0 aromatic heterocycles. The fraction of sp³-hybridized carbons (Fsp3) is 0.0667. The minimum absolute atomic E-state index is 0.0530. The molecule has 0 bridgehead atoms. The average Bonchev–Trinajstić information content (AvgIpc) is 2.43. The summed E-state index contributed by atoms with van der Waals surface area (Å²) in [6.07, 6.45) is 0. The highest BCUT2D eigenvalue weighted by atomic mass is 79.9. The molecule has 0 atom stereocenters. The Bertz CT molecular complexity index is 701. The van der Waals surface area contributed by atoms with E-state index in [1.165, 1.54) is 6.07 Å². The first-order chi connectivity index (χ1) is 9.97. The van der Waals surface area contributed by atoms with Crippen LogP contribution in [0.4, 0.5) is 16.2 Å². The van der Waals surface area contributed by atoms with E-state index in [2.05, 4.69) is 26.6 Å². The number of carboxylic acid groups (broad SMARTS) is 1. The molecule has 0 fully saturated rings. The summed E-state index contributed by atoms with van der Waals surface area (Å²) in [6.45, 7) is 1.79. The van der Waals surface area contributed by atoms with Crippen LogP contribution in [0.15, 0.2) is 46.9 Å². The number of benzene rings is 2. The summed E-state index contributed by atoms with van der Waals surface area (Å²) in [6, 6.07) is 11.5. The van der Waals surface area contributed by atoms with E-state index in [1.807, 2.05) is 6.07 Å². The van der Waals surface area contributed by atoms with Crippen LogP contribution in [-0.2, 0) is 0 Å². The normalized spacial score (nSPS) is 10.0. The average molecular weight is 349 g/mol. The van der Waals surface area contributed by atoms with Gasteiger partial charge in [-0.05, 0) is 47.1 Å².